The third kappa shape index (κ3) is 3.30. The van der Waals surface area contributed by atoms with E-state index in [1.807, 2.05) is 29.2 Å². The minimum Gasteiger partial charge on any atom is -0.338 e. The number of hydrogen-bond acceptors (Lipinski definition) is 3. The molecular weight excluding hydrogens is 371 g/mol. The van der Waals surface area contributed by atoms with Gasteiger partial charge in [-0.05, 0) is 31.3 Å². The first-order chi connectivity index (χ1) is 12.5. The molecular formula is C19H18Cl2N4O. The molecule has 0 radical (unpaired) electrons. The van der Waals surface area contributed by atoms with Gasteiger partial charge in [-0.15, -0.1) is 0 Å². The Hall–Kier alpha value is -2.08. The lowest BCUT2D eigenvalue weighted by molar-refractivity contribution is 0.0664. The van der Waals surface area contributed by atoms with Gasteiger partial charge in [-0.2, -0.15) is 0 Å². The number of benzene rings is 2. The maximum atomic E-state index is 12.6. The average Bonchev–Trinajstić information content (AvgIpc) is 3.05. The second kappa shape index (κ2) is 6.91. The van der Waals surface area contributed by atoms with Crippen LogP contribution in [-0.4, -0.2) is 58.9 Å². The van der Waals surface area contributed by atoms with Gasteiger partial charge >= 0.3 is 0 Å². The highest BCUT2D eigenvalue weighted by Crippen LogP contribution is 2.29. The first-order valence-corrected chi connectivity index (χ1v) is 9.20. The van der Waals surface area contributed by atoms with E-state index in [1.165, 1.54) is 0 Å². The Kier molecular flexibility index (Phi) is 4.61. The fourth-order valence-electron chi connectivity index (χ4n) is 3.10. The monoisotopic (exact) mass is 388 g/mol. The normalized spacial score (nSPS) is 15.6. The summed E-state index contributed by atoms with van der Waals surface area (Å²) >= 11 is 12.1. The molecule has 0 bridgehead atoms. The van der Waals surface area contributed by atoms with Crippen molar-refractivity contribution in [3.8, 4) is 11.4 Å². The summed E-state index contributed by atoms with van der Waals surface area (Å²) in [4.78, 5) is 24.6. The van der Waals surface area contributed by atoms with Crippen LogP contribution in [0.25, 0.3) is 22.4 Å². The molecule has 26 heavy (non-hydrogen) atoms. The zero-order chi connectivity index (χ0) is 18.3. The van der Waals surface area contributed by atoms with Crippen molar-refractivity contribution in [2.45, 2.75) is 0 Å². The molecule has 1 saturated heterocycles. The molecule has 0 aliphatic carbocycles. The number of likely N-dealkylation sites (N-methyl/N-ethyl adjacent to an activating group) is 1. The standard InChI is InChI=1S/C19H18Cl2N4O/c1-24-6-8-25(9-7-24)19(26)13-4-2-12(3-5-13)18-22-16-10-14(20)15(21)11-17(16)23-18/h2-5,10-11H,6-9H2,1H3,(H,22,23). The quantitative estimate of drug-likeness (QED) is 0.723. The van der Waals surface area contributed by atoms with Gasteiger partial charge in [0, 0.05) is 37.3 Å². The largest absolute Gasteiger partial charge is 0.338 e. The fraction of sp³-hybridized carbons (Fsp3) is 0.263. The number of amides is 1. The Morgan fingerprint density at radius 2 is 1.69 bits per heavy atom. The summed E-state index contributed by atoms with van der Waals surface area (Å²) in [6, 6.07) is 11.0. The molecule has 0 saturated carbocycles. The number of halogens is 2. The van der Waals surface area contributed by atoms with Crippen LogP contribution in [0.1, 0.15) is 10.4 Å². The summed E-state index contributed by atoms with van der Waals surface area (Å²) in [5.74, 6) is 0.796. The lowest BCUT2D eigenvalue weighted by atomic mass is 10.1. The molecule has 0 unspecified atom stereocenters. The molecule has 2 heterocycles. The van der Waals surface area contributed by atoms with Crippen molar-refractivity contribution in [3.63, 3.8) is 0 Å². The number of imidazole rings is 1. The SMILES string of the molecule is CN1CCN(C(=O)c2ccc(-c3nc4cc(Cl)c(Cl)cc4[nH]3)cc2)CC1. The van der Waals surface area contributed by atoms with Gasteiger partial charge in [0.2, 0.25) is 0 Å². The van der Waals surface area contributed by atoms with Gasteiger partial charge < -0.3 is 14.8 Å². The summed E-state index contributed by atoms with van der Waals surface area (Å²) < 4.78 is 0. The van der Waals surface area contributed by atoms with E-state index < -0.39 is 0 Å². The Morgan fingerprint density at radius 3 is 2.38 bits per heavy atom. The van der Waals surface area contributed by atoms with Crippen molar-refractivity contribution < 1.29 is 4.79 Å². The zero-order valence-electron chi connectivity index (χ0n) is 14.3. The van der Waals surface area contributed by atoms with Crippen LogP contribution in [0, 0.1) is 0 Å². The van der Waals surface area contributed by atoms with Gasteiger partial charge in [0.25, 0.3) is 5.91 Å². The fourth-order valence-corrected chi connectivity index (χ4v) is 3.43. The predicted octanol–water partition coefficient (Wildman–Crippen LogP) is 3.92. The number of H-pyrrole nitrogens is 1. The van der Waals surface area contributed by atoms with Gasteiger partial charge in [0.05, 0.1) is 21.1 Å². The smallest absolute Gasteiger partial charge is 0.253 e. The third-order valence-corrected chi connectivity index (χ3v) is 5.44. The molecule has 7 heteroatoms. The van der Waals surface area contributed by atoms with Crippen LogP contribution in [-0.2, 0) is 0 Å². The topological polar surface area (TPSA) is 52.2 Å². The Bertz CT molecular complexity index is 921. The molecule has 1 fully saturated rings. The molecule has 4 rings (SSSR count). The van der Waals surface area contributed by atoms with Crippen molar-refractivity contribution in [3.05, 3.63) is 52.0 Å². The minimum atomic E-state index is 0.0767. The van der Waals surface area contributed by atoms with Crippen molar-refractivity contribution in [1.82, 2.24) is 19.8 Å². The molecule has 5 nitrogen and oxygen atoms in total. The van der Waals surface area contributed by atoms with Crippen LogP contribution in [0.15, 0.2) is 36.4 Å². The molecule has 1 aromatic heterocycles. The average molecular weight is 389 g/mol. The Morgan fingerprint density at radius 1 is 1.04 bits per heavy atom. The van der Waals surface area contributed by atoms with E-state index in [0.717, 1.165) is 48.6 Å². The van der Waals surface area contributed by atoms with Crippen LogP contribution >= 0.6 is 23.2 Å². The van der Waals surface area contributed by atoms with Crippen LogP contribution in [0.4, 0.5) is 0 Å². The van der Waals surface area contributed by atoms with E-state index in [0.29, 0.717) is 15.6 Å². The van der Waals surface area contributed by atoms with Crippen LogP contribution in [0.3, 0.4) is 0 Å². The zero-order valence-corrected chi connectivity index (χ0v) is 15.8. The maximum Gasteiger partial charge on any atom is 0.253 e. The van der Waals surface area contributed by atoms with Gasteiger partial charge in [-0.1, -0.05) is 35.3 Å². The molecule has 0 atom stereocenters. The lowest BCUT2D eigenvalue weighted by Gasteiger charge is -2.32. The summed E-state index contributed by atoms with van der Waals surface area (Å²) in [5.41, 5.74) is 3.18. The van der Waals surface area contributed by atoms with Crippen molar-refractivity contribution in [1.29, 1.82) is 0 Å². The molecule has 0 spiro atoms. The number of piperazine rings is 1. The predicted molar refractivity (Wildman–Crippen MR) is 105 cm³/mol. The van der Waals surface area contributed by atoms with E-state index in [9.17, 15) is 4.79 Å². The minimum absolute atomic E-state index is 0.0767. The van der Waals surface area contributed by atoms with Crippen molar-refractivity contribution in [2.24, 2.45) is 0 Å². The summed E-state index contributed by atoms with van der Waals surface area (Å²) in [6.07, 6.45) is 0. The Labute approximate surface area is 161 Å². The van der Waals surface area contributed by atoms with E-state index in [1.54, 1.807) is 12.1 Å². The van der Waals surface area contributed by atoms with Crippen molar-refractivity contribution >= 4 is 40.1 Å². The van der Waals surface area contributed by atoms with Crippen LogP contribution < -0.4 is 0 Å². The summed E-state index contributed by atoms with van der Waals surface area (Å²) in [6.45, 7) is 3.35. The molecule has 134 valence electrons. The number of rotatable bonds is 2. The number of carbonyl (C=O) groups is 1. The van der Waals surface area contributed by atoms with E-state index in [-0.39, 0.29) is 5.91 Å². The number of carbonyl (C=O) groups excluding carboxylic acids is 1. The van der Waals surface area contributed by atoms with E-state index in [4.69, 9.17) is 23.2 Å². The summed E-state index contributed by atoms with van der Waals surface area (Å²) in [5, 5.41) is 0.966. The van der Waals surface area contributed by atoms with Crippen LogP contribution in [0.2, 0.25) is 10.0 Å². The maximum absolute atomic E-state index is 12.6. The molecule has 1 amide bonds. The second-order valence-electron chi connectivity index (χ2n) is 6.54. The highest BCUT2D eigenvalue weighted by molar-refractivity contribution is 6.42. The third-order valence-electron chi connectivity index (χ3n) is 4.72. The van der Waals surface area contributed by atoms with Gasteiger partial charge in [-0.3, -0.25) is 4.79 Å². The molecule has 1 aliphatic heterocycles. The number of fused-ring (bicyclic) bond motifs is 1. The number of aromatic nitrogens is 2. The molecule has 1 aliphatic rings. The first-order valence-electron chi connectivity index (χ1n) is 8.44. The van der Waals surface area contributed by atoms with Crippen molar-refractivity contribution in [2.75, 3.05) is 33.2 Å². The van der Waals surface area contributed by atoms with Gasteiger partial charge in [-0.25, -0.2) is 4.98 Å². The lowest BCUT2D eigenvalue weighted by Crippen LogP contribution is -2.47. The van der Waals surface area contributed by atoms with Gasteiger partial charge in [0.15, 0.2) is 0 Å². The number of aromatic amines is 1. The summed E-state index contributed by atoms with van der Waals surface area (Å²) in [7, 11) is 2.07. The first kappa shape index (κ1) is 17.3. The molecule has 2 aromatic carbocycles. The van der Waals surface area contributed by atoms with Gasteiger partial charge in [0.1, 0.15) is 5.82 Å². The number of nitrogens with zero attached hydrogens (tertiary/aromatic N) is 3. The molecule has 1 N–H and O–H groups in total. The highest BCUT2D eigenvalue weighted by Gasteiger charge is 2.20. The number of nitrogens with one attached hydrogen (secondary N) is 1. The van der Waals surface area contributed by atoms with Crippen LogP contribution in [0.5, 0.6) is 0 Å². The number of hydrogen-bond donors (Lipinski definition) is 1. The Balaban J connectivity index is 1.57. The molecule has 3 aromatic rings. The van der Waals surface area contributed by atoms with E-state index in [2.05, 4.69) is 21.9 Å². The second-order valence-corrected chi connectivity index (χ2v) is 7.36. The highest BCUT2D eigenvalue weighted by atomic mass is 35.5. The van der Waals surface area contributed by atoms with E-state index >= 15 is 0 Å².